The van der Waals surface area contributed by atoms with E-state index in [1.54, 1.807) is 0 Å². The number of aryl methyl sites for hydroxylation is 1. The van der Waals surface area contributed by atoms with E-state index >= 15 is 0 Å². The molecule has 2 aromatic carbocycles. The lowest BCUT2D eigenvalue weighted by atomic mass is 10.0. The SMILES string of the molecule is Cc1cc2c(cc1CN1CC[C@@]34O[C@H](c5ccccc5)CN3C(=O)C[C@@H]14)OCO2. The smallest absolute Gasteiger partial charge is 0.231 e. The molecular formula is C23H24N2O4. The van der Waals surface area contributed by atoms with E-state index in [4.69, 9.17) is 14.2 Å². The van der Waals surface area contributed by atoms with Gasteiger partial charge in [-0.15, -0.1) is 0 Å². The van der Waals surface area contributed by atoms with Gasteiger partial charge >= 0.3 is 0 Å². The van der Waals surface area contributed by atoms with Crippen LogP contribution in [-0.2, 0) is 16.1 Å². The summed E-state index contributed by atoms with van der Waals surface area (Å²) in [5.74, 6) is 1.83. The molecule has 1 spiro atoms. The summed E-state index contributed by atoms with van der Waals surface area (Å²) >= 11 is 0. The number of likely N-dealkylation sites (tertiary alicyclic amines) is 1. The van der Waals surface area contributed by atoms with Crippen molar-refractivity contribution in [2.24, 2.45) is 0 Å². The van der Waals surface area contributed by atoms with Crippen LogP contribution in [0.4, 0.5) is 0 Å². The molecular weight excluding hydrogens is 368 g/mol. The summed E-state index contributed by atoms with van der Waals surface area (Å²) in [6.07, 6.45) is 1.34. The van der Waals surface area contributed by atoms with Gasteiger partial charge in [-0.2, -0.15) is 0 Å². The molecule has 0 bridgehead atoms. The van der Waals surface area contributed by atoms with Gasteiger partial charge < -0.3 is 19.1 Å². The minimum Gasteiger partial charge on any atom is -0.454 e. The summed E-state index contributed by atoms with van der Waals surface area (Å²) in [5.41, 5.74) is 3.07. The molecule has 0 N–H and O–H groups in total. The predicted octanol–water partition coefficient (Wildman–Crippen LogP) is 3.00. The molecule has 150 valence electrons. The third kappa shape index (κ3) is 2.52. The highest BCUT2D eigenvalue weighted by Gasteiger charge is 2.63. The fourth-order valence-corrected chi connectivity index (χ4v) is 5.41. The van der Waals surface area contributed by atoms with Gasteiger partial charge in [-0.1, -0.05) is 30.3 Å². The summed E-state index contributed by atoms with van der Waals surface area (Å²) in [7, 11) is 0. The second kappa shape index (κ2) is 6.21. The molecule has 1 amide bonds. The van der Waals surface area contributed by atoms with E-state index in [0.29, 0.717) is 13.0 Å². The molecule has 6 rings (SSSR count). The van der Waals surface area contributed by atoms with Crippen LogP contribution in [0.3, 0.4) is 0 Å². The number of hydrogen-bond acceptors (Lipinski definition) is 5. The average molecular weight is 392 g/mol. The highest BCUT2D eigenvalue weighted by Crippen LogP contribution is 2.51. The molecule has 3 saturated heterocycles. The molecule has 4 aliphatic heterocycles. The highest BCUT2D eigenvalue weighted by molar-refractivity contribution is 5.81. The van der Waals surface area contributed by atoms with Crippen molar-refractivity contribution in [1.29, 1.82) is 0 Å². The Labute approximate surface area is 170 Å². The van der Waals surface area contributed by atoms with Gasteiger partial charge in [0, 0.05) is 25.9 Å². The minimum atomic E-state index is -0.484. The maximum Gasteiger partial charge on any atom is 0.231 e. The van der Waals surface area contributed by atoms with Crippen LogP contribution in [0.2, 0.25) is 0 Å². The summed E-state index contributed by atoms with van der Waals surface area (Å²) in [5, 5.41) is 0. The summed E-state index contributed by atoms with van der Waals surface area (Å²) in [6.45, 7) is 4.74. The van der Waals surface area contributed by atoms with Gasteiger partial charge in [0.05, 0.1) is 12.6 Å². The number of carbonyl (C=O) groups is 1. The lowest BCUT2D eigenvalue weighted by Crippen LogP contribution is -2.47. The second-order valence-electron chi connectivity index (χ2n) is 8.44. The number of ether oxygens (including phenoxy) is 3. The highest BCUT2D eigenvalue weighted by atomic mass is 16.7. The quantitative estimate of drug-likeness (QED) is 0.804. The first kappa shape index (κ1) is 17.3. The van der Waals surface area contributed by atoms with Crippen LogP contribution >= 0.6 is 0 Å². The van der Waals surface area contributed by atoms with E-state index in [1.165, 1.54) is 11.1 Å². The van der Waals surface area contributed by atoms with E-state index < -0.39 is 5.72 Å². The number of carbonyl (C=O) groups excluding carboxylic acids is 1. The normalized spacial score (nSPS) is 30.1. The Morgan fingerprint density at radius 3 is 2.76 bits per heavy atom. The third-order valence-corrected chi connectivity index (χ3v) is 6.92. The van der Waals surface area contributed by atoms with Crippen molar-refractivity contribution < 1.29 is 19.0 Å². The maximum absolute atomic E-state index is 12.8. The first-order valence-electron chi connectivity index (χ1n) is 10.3. The van der Waals surface area contributed by atoms with Crippen molar-refractivity contribution in [3.05, 3.63) is 59.2 Å². The van der Waals surface area contributed by atoms with Crippen LogP contribution in [-0.4, -0.2) is 47.4 Å². The Morgan fingerprint density at radius 2 is 1.93 bits per heavy atom. The van der Waals surface area contributed by atoms with E-state index in [1.807, 2.05) is 29.2 Å². The van der Waals surface area contributed by atoms with Crippen molar-refractivity contribution in [3.8, 4) is 11.5 Å². The Morgan fingerprint density at radius 1 is 1.14 bits per heavy atom. The van der Waals surface area contributed by atoms with Gasteiger partial charge in [0.2, 0.25) is 12.7 Å². The number of fused-ring (bicyclic) bond motifs is 1. The van der Waals surface area contributed by atoms with Crippen molar-refractivity contribution in [2.75, 3.05) is 19.9 Å². The van der Waals surface area contributed by atoms with E-state index in [9.17, 15) is 4.79 Å². The van der Waals surface area contributed by atoms with Gasteiger partial charge in [-0.3, -0.25) is 9.69 Å². The van der Waals surface area contributed by atoms with Crippen LogP contribution in [0.1, 0.15) is 35.6 Å². The zero-order valence-corrected chi connectivity index (χ0v) is 16.5. The Kier molecular flexibility index (Phi) is 3.71. The zero-order chi connectivity index (χ0) is 19.6. The first-order chi connectivity index (χ1) is 14.1. The number of benzene rings is 2. The third-order valence-electron chi connectivity index (χ3n) is 6.92. The summed E-state index contributed by atoms with van der Waals surface area (Å²) < 4.78 is 17.7. The fraction of sp³-hybridized carbons (Fsp3) is 0.435. The maximum atomic E-state index is 12.8. The van der Waals surface area contributed by atoms with Crippen molar-refractivity contribution in [2.45, 2.75) is 44.2 Å². The van der Waals surface area contributed by atoms with Crippen molar-refractivity contribution >= 4 is 5.91 Å². The van der Waals surface area contributed by atoms with Crippen LogP contribution in [0.15, 0.2) is 42.5 Å². The molecule has 29 heavy (non-hydrogen) atoms. The van der Waals surface area contributed by atoms with E-state index in [0.717, 1.165) is 36.6 Å². The molecule has 0 radical (unpaired) electrons. The molecule has 3 atom stereocenters. The molecule has 6 nitrogen and oxygen atoms in total. The fourth-order valence-electron chi connectivity index (χ4n) is 5.41. The number of hydrogen-bond donors (Lipinski definition) is 0. The van der Waals surface area contributed by atoms with E-state index in [-0.39, 0.29) is 24.8 Å². The number of rotatable bonds is 3. The number of amides is 1. The van der Waals surface area contributed by atoms with Crippen molar-refractivity contribution in [3.63, 3.8) is 0 Å². The van der Waals surface area contributed by atoms with Crippen LogP contribution < -0.4 is 9.47 Å². The monoisotopic (exact) mass is 392 g/mol. The van der Waals surface area contributed by atoms with Crippen LogP contribution in [0.5, 0.6) is 11.5 Å². The largest absolute Gasteiger partial charge is 0.454 e. The first-order valence-corrected chi connectivity index (χ1v) is 10.3. The van der Waals surface area contributed by atoms with Crippen molar-refractivity contribution in [1.82, 2.24) is 9.80 Å². The molecule has 6 heteroatoms. The standard InChI is InChI=1S/C23H24N2O4/c1-15-9-18-19(28-14-27-18)10-17(15)12-24-8-7-23-21(24)11-22(26)25(23)13-20(29-23)16-5-3-2-4-6-16/h2-6,9-10,20-21H,7-8,11-14H2,1H3/t20-,21+,23-/m0/s1. The molecule has 0 unspecified atom stereocenters. The summed E-state index contributed by atoms with van der Waals surface area (Å²) in [6, 6.07) is 14.5. The number of nitrogens with zero attached hydrogens (tertiary/aromatic N) is 2. The minimum absolute atomic E-state index is 0.0461. The molecule has 4 aliphatic rings. The van der Waals surface area contributed by atoms with Gasteiger partial charge in [0.15, 0.2) is 17.2 Å². The van der Waals surface area contributed by atoms with Gasteiger partial charge in [0.1, 0.15) is 6.10 Å². The molecule has 0 aromatic heterocycles. The Bertz CT molecular complexity index is 978. The lowest BCUT2D eigenvalue weighted by molar-refractivity contribution is -0.138. The average Bonchev–Trinajstić information content (AvgIpc) is 3.46. The Hall–Kier alpha value is -2.57. The summed E-state index contributed by atoms with van der Waals surface area (Å²) in [4.78, 5) is 17.3. The molecule has 0 saturated carbocycles. The molecule has 4 heterocycles. The van der Waals surface area contributed by atoms with Gasteiger partial charge in [-0.05, 0) is 35.7 Å². The molecule has 2 aromatic rings. The lowest BCUT2D eigenvalue weighted by Gasteiger charge is -2.32. The topological polar surface area (TPSA) is 51.2 Å². The van der Waals surface area contributed by atoms with Gasteiger partial charge in [0.25, 0.3) is 0 Å². The van der Waals surface area contributed by atoms with Crippen LogP contribution in [0.25, 0.3) is 0 Å². The predicted molar refractivity (Wildman–Crippen MR) is 105 cm³/mol. The molecule has 3 fully saturated rings. The zero-order valence-electron chi connectivity index (χ0n) is 16.5. The molecule has 0 aliphatic carbocycles. The van der Waals surface area contributed by atoms with Gasteiger partial charge in [-0.25, -0.2) is 0 Å². The van der Waals surface area contributed by atoms with E-state index in [2.05, 4.69) is 30.0 Å². The Balaban J connectivity index is 1.27. The van der Waals surface area contributed by atoms with Crippen LogP contribution in [0, 0.1) is 6.92 Å². The second-order valence-corrected chi connectivity index (χ2v) is 8.44.